The van der Waals surface area contributed by atoms with Gasteiger partial charge < -0.3 is 4.74 Å². The van der Waals surface area contributed by atoms with Crippen molar-refractivity contribution in [2.45, 2.75) is 33.8 Å². The van der Waals surface area contributed by atoms with Crippen molar-refractivity contribution < 1.29 is 9.53 Å². The highest BCUT2D eigenvalue weighted by molar-refractivity contribution is 7.12. The fourth-order valence-electron chi connectivity index (χ4n) is 1.76. The SMILES string of the molecule is CC(=O)c1nc(-c2ccc(OC(C)C)c(C)c2)cs1. The van der Waals surface area contributed by atoms with Gasteiger partial charge in [-0.2, -0.15) is 0 Å². The Balaban J connectivity index is 2.30. The highest BCUT2D eigenvalue weighted by Gasteiger charge is 2.10. The molecule has 0 saturated carbocycles. The largest absolute Gasteiger partial charge is 0.491 e. The van der Waals surface area contributed by atoms with Crippen molar-refractivity contribution in [1.29, 1.82) is 0 Å². The first kappa shape index (κ1) is 13.7. The van der Waals surface area contributed by atoms with Crippen molar-refractivity contribution in [2.75, 3.05) is 0 Å². The van der Waals surface area contributed by atoms with Crippen LogP contribution in [0.25, 0.3) is 11.3 Å². The monoisotopic (exact) mass is 275 g/mol. The molecule has 0 N–H and O–H groups in total. The second kappa shape index (κ2) is 5.53. The Hall–Kier alpha value is -1.68. The van der Waals surface area contributed by atoms with Crippen LogP contribution in [0.1, 0.15) is 36.1 Å². The van der Waals surface area contributed by atoms with Gasteiger partial charge in [0, 0.05) is 17.9 Å². The maximum absolute atomic E-state index is 11.3. The van der Waals surface area contributed by atoms with Crippen LogP contribution in [0.2, 0.25) is 0 Å². The molecule has 0 bridgehead atoms. The van der Waals surface area contributed by atoms with E-state index in [4.69, 9.17) is 4.74 Å². The van der Waals surface area contributed by atoms with Crippen molar-refractivity contribution in [3.63, 3.8) is 0 Å². The van der Waals surface area contributed by atoms with Crippen LogP contribution in [0.3, 0.4) is 0 Å². The first-order chi connectivity index (χ1) is 8.97. The van der Waals surface area contributed by atoms with Crippen LogP contribution in [0.5, 0.6) is 5.75 Å². The third kappa shape index (κ3) is 3.20. The Bertz CT molecular complexity index is 602. The molecule has 3 nitrogen and oxygen atoms in total. The highest BCUT2D eigenvalue weighted by atomic mass is 32.1. The zero-order chi connectivity index (χ0) is 14.0. The number of rotatable bonds is 4. The van der Waals surface area contributed by atoms with Gasteiger partial charge in [0.25, 0.3) is 0 Å². The van der Waals surface area contributed by atoms with Gasteiger partial charge in [-0.3, -0.25) is 4.79 Å². The highest BCUT2D eigenvalue weighted by Crippen LogP contribution is 2.27. The van der Waals surface area contributed by atoms with E-state index in [0.717, 1.165) is 22.6 Å². The second-order valence-electron chi connectivity index (χ2n) is 4.74. The zero-order valence-electron chi connectivity index (χ0n) is 11.6. The van der Waals surface area contributed by atoms with Crippen LogP contribution < -0.4 is 4.74 Å². The molecule has 0 aliphatic rings. The number of ether oxygens (including phenoxy) is 1. The lowest BCUT2D eigenvalue weighted by Crippen LogP contribution is -2.06. The number of thiazole rings is 1. The van der Waals surface area contributed by atoms with Gasteiger partial charge in [0.15, 0.2) is 10.8 Å². The van der Waals surface area contributed by atoms with Gasteiger partial charge in [0.1, 0.15) is 5.75 Å². The smallest absolute Gasteiger partial charge is 0.188 e. The third-order valence-corrected chi connectivity index (χ3v) is 3.58. The van der Waals surface area contributed by atoms with Gasteiger partial charge in [0.05, 0.1) is 11.8 Å². The fraction of sp³-hybridized carbons (Fsp3) is 0.333. The molecule has 0 aliphatic carbocycles. The normalized spacial score (nSPS) is 10.8. The second-order valence-corrected chi connectivity index (χ2v) is 5.60. The number of aryl methyl sites for hydroxylation is 1. The summed E-state index contributed by atoms with van der Waals surface area (Å²) in [6, 6.07) is 5.97. The number of carbonyl (C=O) groups is 1. The predicted molar refractivity (Wildman–Crippen MR) is 78.1 cm³/mol. The average molecular weight is 275 g/mol. The number of Topliss-reactive ketones (excluding diaryl/α,β-unsaturated/α-hetero) is 1. The third-order valence-electron chi connectivity index (χ3n) is 2.64. The van der Waals surface area contributed by atoms with Crippen LogP contribution in [0.4, 0.5) is 0 Å². The fourth-order valence-corrected chi connectivity index (χ4v) is 2.49. The van der Waals surface area contributed by atoms with Crippen LogP contribution in [-0.2, 0) is 0 Å². The summed E-state index contributed by atoms with van der Waals surface area (Å²) in [6.07, 6.45) is 0.160. The topological polar surface area (TPSA) is 39.2 Å². The number of aromatic nitrogens is 1. The Morgan fingerprint density at radius 2 is 2.11 bits per heavy atom. The molecule has 0 fully saturated rings. The Kier molecular flexibility index (Phi) is 4.00. The zero-order valence-corrected chi connectivity index (χ0v) is 12.4. The Labute approximate surface area is 117 Å². The van der Waals surface area contributed by atoms with Crippen LogP contribution >= 0.6 is 11.3 Å². The molecule has 1 aromatic carbocycles. The first-order valence-corrected chi connectivity index (χ1v) is 7.09. The van der Waals surface area contributed by atoms with E-state index < -0.39 is 0 Å². The van der Waals surface area contributed by atoms with E-state index in [2.05, 4.69) is 4.98 Å². The summed E-state index contributed by atoms with van der Waals surface area (Å²) >= 11 is 1.38. The lowest BCUT2D eigenvalue weighted by atomic mass is 10.1. The van der Waals surface area contributed by atoms with Crippen molar-refractivity contribution >= 4 is 17.1 Å². The Morgan fingerprint density at radius 1 is 1.37 bits per heavy atom. The molecule has 0 spiro atoms. The minimum absolute atomic E-state index is 0.00716. The molecule has 2 rings (SSSR count). The summed E-state index contributed by atoms with van der Waals surface area (Å²) in [5.41, 5.74) is 2.93. The number of benzene rings is 1. The molecular weight excluding hydrogens is 258 g/mol. The Morgan fingerprint density at radius 3 is 2.63 bits per heavy atom. The van der Waals surface area contributed by atoms with E-state index in [0.29, 0.717) is 5.01 Å². The quantitative estimate of drug-likeness (QED) is 0.788. The van der Waals surface area contributed by atoms with E-state index in [1.165, 1.54) is 18.3 Å². The van der Waals surface area contributed by atoms with E-state index >= 15 is 0 Å². The van der Waals surface area contributed by atoms with Crippen LogP contribution in [-0.4, -0.2) is 16.9 Å². The summed E-state index contributed by atoms with van der Waals surface area (Å²) in [5.74, 6) is 0.897. The van der Waals surface area contributed by atoms with Gasteiger partial charge in [-0.05, 0) is 44.5 Å². The number of carbonyl (C=O) groups excluding carboxylic acids is 1. The van der Waals surface area contributed by atoms with Gasteiger partial charge >= 0.3 is 0 Å². The van der Waals surface area contributed by atoms with Crippen LogP contribution in [0, 0.1) is 6.92 Å². The summed E-state index contributed by atoms with van der Waals surface area (Å²) < 4.78 is 5.71. The first-order valence-electron chi connectivity index (χ1n) is 6.21. The minimum Gasteiger partial charge on any atom is -0.491 e. The number of hydrogen-bond acceptors (Lipinski definition) is 4. The summed E-state index contributed by atoms with van der Waals surface area (Å²) in [7, 11) is 0. The summed E-state index contributed by atoms with van der Waals surface area (Å²) in [5, 5.41) is 2.46. The van der Waals surface area contributed by atoms with Gasteiger partial charge in [-0.1, -0.05) is 0 Å². The van der Waals surface area contributed by atoms with Gasteiger partial charge in [-0.15, -0.1) is 11.3 Å². The van der Waals surface area contributed by atoms with E-state index in [1.54, 1.807) is 0 Å². The molecule has 1 heterocycles. The predicted octanol–water partition coefficient (Wildman–Crippen LogP) is 4.11. The molecule has 1 aromatic heterocycles. The van der Waals surface area contributed by atoms with Crippen molar-refractivity contribution in [3.8, 4) is 17.0 Å². The molecule has 0 amide bonds. The molecule has 4 heteroatoms. The molecule has 0 saturated heterocycles. The summed E-state index contributed by atoms with van der Waals surface area (Å²) in [4.78, 5) is 15.6. The summed E-state index contributed by atoms with van der Waals surface area (Å²) in [6.45, 7) is 7.56. The molecule has 19 heavy (non-hydrogen) atoms. The van der Waals surface area contributed by atoms with Crippen molar-refractivity contribution in [1.82, 2.24) is 4.98 Å². The van der Waals surface area contributed by atoms with Gasteiger partial charge in [-0.25, -0.2) is 4.98 Å². The van der Waals surface area contributed by atoms with E-state index in [1.807, 2.05) is 44.4 Å². The van der Waals surface area contributed by atoms with E-state index in [9.17, 15) is 4.79 Å². The number of hydrogen-bond donors (Lipinski definition) is 0. The standard InChI is InChI=1S/C15H17NO2S/c1-9(2)18-14-6-5-12(7-10(14)3)13-8-19-15(16-13)11(4)17/h5-9H,1-4H3. The molecule has 0 atom stereocenters. The lowest BCUT2D eigenvalue weighted by Gasteiger charge is -2.12. The van der Waals surface area contributed by atoms with E-state index in [-0.39, 0.29) is 11.9 Å². The van der Waals surface area contributed by atoms with Gasteiger partial charge in [0.2, 0.25) is 0 Å². The molecule has 0 unspecified atom stereocenters. The average Bonchev–Trinajstić information content (AvgIpc) is 2.80. The minimum atomic E-state index is 0.00716. The molecule has 0 radical (unpaired) electrons. The number of ketones is 1. The number of nitrogens with zero attached hydrogens (tertiary/aromatic N) is 1. The van der Waals surface area contributed by atoms with Crippen LogP contribution in [0.15, 0.2) is 23.6 Å². The molecule has 2 aromatic rings. The molecule has 100 valence electrons. The lowest BCUT2D eigenvalue weighted by molar-refractivity contribution is 0.101. The molecule has 0 aliphatic heterocycles. The molecular formula is C15H17NO2S. The van der Waals surface area contributed by atoms with Crippen molar-refractivity contribution in [3.05, 3.63) is 34.2 Å². The van der Waals surface area contributed by atoms with Crippen molar-refractivity contribution in [2.24, 2.45) is 0 Å². The maximum Gasteiger partial charge on any atom is 0.188 e. The maximum atomic E-state index is 11.3.